The van der Waals surface area contributed by atoms with Crippen molar-refractivity contribution in [3.63, 3.8) is 0 Å². The number of aromatic nitrogens is 2. The Morgan fingerprint density at radius 2 is 1.71 bits per heavy atom. The zero-order chi connectivity index (χ0) is 29.6. The highest BCUT2D eigenvalue weighted by atomic mass is 19.4. The summed E-state index contributed by atoms with van der Waals surface area (Å²) in [6.45, 7) is 4.03. The van der Waals surface area contributed by atoms with Gasteiger partial charge in [0.1, 0.15) is 5.82 Å². The Bertz CT molecular complexity index is 1640. The standard InChI is InChI=1S/C31H26F3N3O.CO2/c1-3-20-11-14-22(15-12-20)29-35-26-9-5-8-25(26)30(37-29)36-27-18-23(13-10-19(27)2)28(38)17-21-6-4-7-24(16-21)31(32,33)34;2-1-3/h4-7,9-16,18H,3,8,17H2,1-2H3,(H,35,36,37);. The molecular formula is C32H26F3N3O3. The number of Topliss-reactive ketones (excluding diaryl/α,β-unsaturated/α-hetero) is 1. The Labute approximate surface area is 235 Å². The second kappa shape index (κ2) is 12.5. The highest BCUT2D eigenvalue weighted by molar-refractivity contribution is 5.98. The molecule has 0 bridgehead atoms. The molecule has 41 heavy (non-hydrogen) atoms. The lowest BCUT2D eigenvalue weighted by molar-refractivity contribution is -0.191. The van der Waals surface area contributed by atoms with Gasteiger partial charge in [-0.15, -0.1) is 0 Å². The molecule has 3 aromatic carbocycles. The third-order valence-electron chi connectivity index (χ3n) is 6.69. The van der Waals surface area contributed by atoms with E-state index in [0.717, 1.165) is 40.9 Å². The monoisotopic (exact) mass is 557 g/mol. The van der Waals surface area contributed by atoms with E-state index in [-0.39, 0.29) is 18.4 Å². The molecule has 1 aliphatic rings. The van der Waals surface area contributed by atoms with E-state index in [1.807, 2.05) is 37.3 Å². The number of benzene rings is 3. The van der Waals surface area contributed by atoms with Crippen LogP contribution < -0.4 is 5.32 Å². The zero-order valence-electron chi connectivity index (χ0n) is 22.4. The number of hydrogen-bond acceptors (Lipinski definition) is 6. The molecular weight excluding hydrogens is 531 g/mol. The molecule has 0 unspecified atom stereocenters. The van der Waals surface area contributed by atoms with Gasteiger partial charge in [0.2, 0.25) is 0 Å². The van der Waals surface area contributed by atoms with Gasteiger partial charge < -0.3 is 5.32 Å². The van der Waals surface area contributed by atoms with E-state index in [9.17, 15) is 18.0 Å². The van der Waals surface area contributed by atoms with Crippen molar-refractivity contribution in [2.24, 2.45) is 0 Å². The minimum atomic E-state index is -4.45. The molecule has 1 aliphatic carbocycles. The number of allylic oxidation sites excluding steroid dienone is 1. The van der Waals surface area contributed by atoms with Crippen molar-refractivity contribution in [3.05, 3.63) is 112 Å². The smallest absolute Gasteiger partial charge is 0.340 e. The number of carbonyl (C=O) groups excluding carboxylic acids is 3. The summed E-state index contributed by atoms with van der Waals surface area (Å²) in [7, 11) is 0. The van der Waals surface area contributed by atoms with E-state index in [4.69, 9.17) is 19.6 Å². The Hall–Kier alpha value is -4.88. The number of aryl methyl sites for hydroxylation is 2. The van der Waals surface area contributed by atoms with Gasteiger partial charge in [0.25, 0.3) is 0 Å². The van der Waals surface area contributed by atoms with Crippen molar-refractivity contribution < 1.29 is 27.6 Å². The first-order valence-electron chi connectivity index (χ1n) is 12.9. The summed E-state index contributed by atoms with van der Waals surface area (Å²) in [6, 6.07) is 18.3. The number of ketones is 1. The van der Waals surface area contributed by atoms with Crippen molar-refractivity contribution in [3.8, 4) is 11.4 Å². The van der Waals surface area contributed by atoms with Gasteiger partial charge in [-0.1, -0.05) is 67.6 Å². The number of halogens is 3. The molecule has 9 heteroatoms. The lowest BCUT2D eigenvalue weighted by Crippen LogP contribution is -2.09. The maximum absolute atomic E-state index is 13.1. The van der Waals surface area contributed by atoms with Crippen molar-refractivity contribution in [2.45, 2.75) is 39.3 Å². The van der Waals surface area contributed by atoms with Gasteiger partial charge in [-0.25, -0.2) is 9.97 Å². The van der Waals surface area contributed by atoms with Crippen molar-refractivity contribution >= 4 is 29.5 Å². The van der Waals surface area contributed by atoms with Gasteiger partial charge in [0.05, 0.1) is 11.3 Å². The number of nitrogens with zero attached hydrogens (tertiary/aromatic N) is 2. The first kappa shape index (κ1) is 29.1. The summed E-state index contributed by atoms with van der Waals surface area (Å²) in [5.74, 6) is 1.01. The van der Waals surface area contributed by atoms with E-state index in [2.05, 4.69) is 24.4 Å². The molecule has 6 nitrogen and oxygen atoms in total. The largest absolute Gasteiger partial charge is 0.416 e. The van der Waals surface area contributed by atoms with Crippen LogP contribution in [0.15, 0.2) is 72.8 Å². The molecule has 0 saturated heterocycles. The minimum absolute atomic E-state index is 0.128. The number of fused-ring (bicyclic) bond motifs is 1. The van der Waals surface area contributed by atoms with Crippen LogP contribution in [0, 0.1) is 6.92 Å². The number of rotatable bonds is 7. The SMILES string of the molecule is CCc1ccc(-c2nc3c(c(Nc4cc(C(=O)Cc5cccc(C(F)(F)F)c5)ccc4C)n2)CC=C3)cc1.O=C=O. The average molecular weight is 558 g/mol. The molecule has 0 spiro atoms. The molecule has 1 heterocycles. The maximum atomic E-state index is 13.1. The topological polar surface area (TPSA) is 89.0 Å². The Morgan fingerprint density at radius 3 is 2.39 bits per heavy atom. The highest BCUT2D eigenvalue weighted by Gasteiger charge is 2.30. The second-order valence-electron chi connectivity index (χ2n) is 9.45. The highest BCUT2D eigenvalue weighted by Crippen LogP contribution is 2.32. The fourth-order valence-corrected chi connectivity index (χ4v) is 4.45. The van der Waals surface area contributed by atoms with Crippen LogP contribution in [0.3, 0.4) is 0 Å². The number of nitrogens with one attached hydrogen (secondary N) is 1. The van der Waals surface area contributed by atoms with Crippen LogP contribution in [0.25, 0.3) is 17.5 Å². The fraction of sp³-hybridized carbons (Fsp3) is 0.188. The average Bonchev–Trinajstić information content (AvgIpc) is 3.43. The molecule has 0 atom stereocenters. The molecule has 0 saturated carbocycles. The lowest BCUT2D eigenvalue weighted by atomic mass is 9.99. The maximum Gasteiger partial charge on any atom is 0.416 e. The van der Waals surface area contributed by atoms with Gasteiger partial charge >= 0.3 is 12.3 Å². The molecule has 0 amide bonds. The van der Waals surface area contributed by atoms with Crippen LogP contribution in [-0.4, -0.2) is 21.9 Å². The normalized spacial score (nSPS) is 11.7. The van der Waals surface area contributed by atoms with Gasteiger partial charge in [0, 0.05) is 28.8 Å². The number of hydrogen-bond donors (Lipinski definition) is 1. The predicted octanol–water partition coefficient (Wildman–Crippen LogP) is 7.19. The van der Waals surface area contributed by atoms with Gasteiger partial charge in [-0.2, -0.15) is 22.8 Å². The third-order valence-corrected chi connectivity index (χ3v) is 6.69. The van der Waals surface area contributed by atoms with Crippen LogP contribution in [0.4, 0.5) is 24.7 Å². The molecule has 5 rings (SSSR count). The summed E-state index contributed by atoms with van der Waals surface area (Å²) in [6.07, 6.45) is 1.33. The molecule has 208 valence electrons. The van der Waals surface area contributed by atoms with E-state index < -0.39 is 11.7 Å². The molecule has 4 aromatic rings. The number of anilines is 2. The summed E-state index contributed by atoms with van der Waals surface area (Å²) in [5, 5.41) is 3.40. The molecule has 0 radical (unpaired) electrons. The van der Waals surface area contributed by atoms with E-state index >= 15 is 0 Å². The minimum Gasteiger partial charge on any atom is -0.340 e. The first-order chi connectivity index (χ1) is 19.6. The predicted molar refractivity (Wildman–Crippen MR) is 149 cm³/mol. The van der Waals surface area contributed by atoms with E-state index in [0.29, 0.717) is 34.9 Å². The molecule has 0 fully saturated rings. The summed E-state index contributed by atoms with van der Waals surface area (Å²) in [4.78, 5) is 38.9. The summed E-state index contributed by atoms with van der Waals surface area (Å²) >= 11 is 0. The first-order valence-corrected chi connectivity index (χ1v) is 12.9. The molecule has 0 aliphatic heterocycles. The van der Waals surface area contributed by atoms with E-state index in [1.54, 1.807) is 12.1 Å². The van der Waals surface area contributed by atoms with Crippen molar-refractivity contribution in [2.75, 3.05) is 5.32 Å². The van der Waals surface area contributed by atoms with Crippen LogP contribution in [0.2, 0.25) is 0 Å². The Balaban J connectivity index is 0.00000124. The van der Waals surface area contributed by atoms with Crippen LogP contribution in [0.1, 0.15) is 50.8 Å². The third kappa shape index (κ3) is 7.01. The number of carbonyl (C=O) groups is 1. The van der Waals surface area contributed by atoms with Crippen molar-refractivity contribution in [1.82, 2.24) is 9.97 Å². The number of alkyl halides is 3. The molecule has 1 aromatic heterocycles. The Kier molecular flexibility index (Phi) is 8.90. The van der Waals surface area contributed by atoms with Crippen LogP contribution >= 0.6 is 0 Å². The van der Waals surface area contributed by atoms with Crippen LogP contribution in [0.5, 0.6) is 0 Å². The Morgan fingerprint density at radius 1 is 0.976 bits per heavy atom. The van der Waals surface area contributed by atoms with Gasteiger partial charge in [0.15, 0.2) is 11.6 Å². The van der Waals surface area contributed by atoms with Gasteiger partial charge in [-0.05, 0) is 54.7 Å². The lowest BCUT2D eigenvalue weighted by Gasteiger charge is -2.15. The van der Waals surface area contributed by atoms with Gasteiger partial charge in [-0.3, -0.25) is 4.79 Å². The molecule has 1 N–H and O–H groups in total. The van der Waals surface area contributed by atoms with Crippen molar-refractivity contribution in [1.29, 1.82) is 0 Å². The fourth-order valence-electron chi connectivity index (χ4n) is 4.45. The van der Waals surface area contributed by atoms with E-state index in [1.165, 1.54) is 17.7 Å². The summed E-state index contributed by atoms with van der Waals surface area (Å²) in [5.41, 5.74) is 5.55. The summed E-state index contributed by atoms with van der Waals surface area (Å²) < 4.78 is 39.3. The van der Waals surface area contributed by atoms with Crippen LogP contribution in [-0.2, 0) is 35.0 Å². The second-order valence-corrected chi connectivity index (χ2v) is 9.45. The quantitative estimate of drug-likeness (QED) is 0.242. The zero-order valence-corrected chi connectivity index (χ0v) is 22.4.